The lowest BCUT2D eigenvalue weighted by atomic mass is 10.1. The van der Waals surface area contributed by atoms with Crippen LogP contribution >= 0.6 is 0 Å². The van der Waals surface area contributed by atoms with E-state index in [1.165, 1.54) is 12.0 Å². The monoisotopic (exact) mass is 320 g/mol. The van der Waals surface area contributed by atoms with Crippen LogP contribution in [0.2, 0.25) is 0 Å². The van der Waals surface area contributed by atoms with Crippen LogP contribution in [-0.4, -0.2) is 53.8 Å². The zero-order chi connectivity index (χ0) is 17.0. The van der Waals surface area contributed by atoms with Crippen molar-refractivity contribution in [2.75, 3.05) is 32.1 Å². The van der Waals surface area contributed by atoms with Gasteiger partial charge in [-0.3, -0.25) is 4.79 Å². The first kappa shape index (κ1) is 17.0. The molecule has 1 aliphatic rings. The van der Waals surface area contributed by atoms with Crippen molar-refractivity contribution in [2.24, 2.45) is 0 Å². The fourth-order valence-electron chi connectivity index (χ4n) is 2.47. The number of β-amino-alcohol motifs (C(OH)–C–C–N with tert-alkyl or cyclic N) is 1. The third-order valence-corrected chi connectivity index (χ3v) is 3.83. The average Bonchev–Trinajstić information content (AvgIpc) is 2.86. The van der Waals surface area contributed by atoms with Crippen LogP contribution in [0.15, 0.2) is 29.5 Å². The van der Waals surface area contributed by atoms with Crippen LogP contribution < -0.4 is 5.32 Å². The van der Waals surface area contributed by atoms with E-state index in [0.717, 1.165) is 11.1 Å². The number of benzene rings is 1. The second-order valence-corrected chi connectivity index (χ2v) is 5.17. The molecule has 1 heterocycles. The van der Waals surface area contributed by atoms with Crippen molar-refractivity contribution in [1.29, 1.82) is 0 Å². The minimum Gasteiger partial charge on any atom is -0.466 e. The van der Waals surface area contributed by atoms with E-state index in [4.69, 9.17) is 9.84 Å². The van der Waals surface area contributed by atoms with Gasteiger partial charge in [0.15, 0.2) is 0 Å². The highest BCUT2D eigenvalue weighted by molar-refractivity contribution is 6.08. The van der Waals surface area contributed by atoms with Crippen molar-refractivity contribution in [1.82, 2.24) is 4.90 Å². The fourth-order valence-corrected chi connectivity index (χ4v) is 2.47. The molecule has 1 aromatic rings. The summed E-state index contributed by atoms with van der Waals surface area (Å²) in [4.78, 5) is 25.7. The lowest BCUT2D eigenvalue weighted by molar-refractivity contribution is -0.136. The molecule has 2 rings (SSSR count). The van der Waals surface area contributed by atoms with Crippen molar-refractivity contribution in [3.8, 4) is 0 Å². The number of carbonyl (C=O) groups excluding carboxylic acids is 2. The molecule has 1 aliphatic heterocycles. The number of aliphatic hydroxyl groups is 2. The molecule has 7 heteroatoms. The van der Waals surface area contributed by atoms with Crippen LogP contribution in [0.3, 0.4) is 0 Å². The van der Waals surface area contributed by atoms with Gasteiger partial charge in [-0.2, -0.15) is 0 Å². The molecule has 3 N–H and O–H groups in total. The number of aliphatic hydroxyl groups excluding tert-OH is 2. The standard InChI is InChI=1S/C16H20N2O5/c1-10-11(9-20)4-3-5-13(10)17-14-12(16(22)23-2)8-18(6-7-19)15(14)21/h3-5,17,19-20H,6-9H2,1-2H3. The fraction of sp³-hybridized carbons (Fsp3) is 0.375. The van der Waals surface area contributed by atoms with Crippen LogP contribution in [0.4, 0.5) is 5.69 Å². The molecular weight excluding hydrogens is 300 g/mol. The Kier molecular flexibility index (Phi) is 5.36. The molecule has 0 aliphatic carbocycles. The number of esters is 1. The summed E-state index contributed by atoms with van der Waals surface area (Å²) in [5.74, 6) is -0.953. The topological polar surface area (TPSA) is 99.1 Å². The smallest absolute Gasteiger partial charge is 0.337 e. The van der Waals surface area contributed by atoms with Crippen LogP contribution in [0.25, 0.3) is 0 Å². The molecule has 1 amide bonds. The second-order valence-electron chi connectivity index (χ2n) is 5.17. The maximum Gasteiger partial charge on any atom is 0.337 e. The van der Waals surface area contributed by atoms with E-state index >= 15 is 0 Å². The highest BCUT2D eigenvalue weighted by atomic mass is 16.5. The summed E-state index contributed by atoms with van der Waals surface area (Å²) < 4.78 is 4.73. The van der Waals surface area contributed by atoms with Gasteiger partial charge in [-0.1, -0.05) is 12.1 Å². The minimum absolute atomic E-state index is 0.0904. The zero-order valence-electron chi connectivity index (χ0n) is 13.1. The van der Waals surface area contributed by atoms with E-state index in [1.54, 1.807) is 18.2 Å². The molecule has 0 bridgehead atoms. The predicted molar refractivity (Wildman–Crippen MR) is 83.4 cm³/mol. The van der Waals surface area contributed by atoms with Gasteiger partial charge in [-0.25, -0.2) is 4.79 Å². The van der Waals surface area contributed by atoms with Gasteiger partial charge in [-0.15, -0.1) is 0 Å². The third kappa shape index (κ3) is 3.35. The lowest BCUT2D eigenvalue weighted by Crippen LogP contribution is -2.31. The maximum atomic E-state index is 12.4. The molecule has 0 atom stereocenters. The highest BCUT2D eigenvalue weighted by Crippen LogP contribution is 2.26. The van der Waals surface area contributed by atoms with E-state index in [1.807, 2.05) is 6.92 Å². The molecular formula is C16H20N2O5. The van der Waals surface area contributed by atoms with Crippen molar-refractivity contribution in [2.45, 2.75) is 13.5 Å². The van der Waals surface area contributed by atoms with Gasteiger partial charge < -0.3 is 25.2 Å². The Morgan fingerprint density at radius 2 is 2.13 bits per heavy atom. The molecule has 7 nitrogen and oxygen atoms in total. The van der Waals surface area contributed by atoms with Gasteiger partial charge in [0.25, 0.3) is 5.91 Å². The van der Waals surface area contributed by atoms with Gasteiger partial charge in [0.1, 0.15) is 5.70 Å². The number of hydrogen-bond acceptors (Lipinski definition) is 6. The first-order chi connectivity index (χ1) is 11.0. The van der Waals surface area contributed by atoms with E-state index in [9.17, 15) is 14.7 Å². The Labute approximate surface area is 134 Å². The lowest BCUT2D eigenvalue weighted by Gasteiger charge is -2.16. The van der Waals surface area contributed by atoms with Crippen molar-refractivity contribution in [3.63, 3.8) is 0 Å². The van der Waals surface area contributed by atoms with E-state index in [-0.39, 0.29) is 43.5 Å². The summed E-state index contributed by atoms with van der Waals surface area (Å²) in [7, 11) is 1.25. The van der Waals surface area contributed by atoms with Gasteiger partial charge in [0, 0.05) is 12.2 Å². The summed E-state index contributed by atoms with van der Waals surface area (Å²) in [6.45, 7) is 1.74. The Bertz CT molecular complexity index is 654. The van der Waals surface area contributed by atoms with E-state index in [0.29, 0.717) is 5.69 Å². The highest BCUT2D eigenvalue weighted by Gasteiger charge is 2.34. The van der Waals surface area contributed by atoms with E-state index < -0.39 is 5.97 Å². The Balaban J connectivity index is 2.37. The summed E-state index contributed by atoms with van der Waals surface area (Å²) in [5.41, 5.74) is 2.52. The molecule has 0 saturated heterocycles. The number of anilines is 1. The largest absolute Gasteiger partial charge is 0.466 e. The van der Waals surface area contributed by atoms with E-state index in [2.05, 4.69) is 5.32 Å². The third-order valence-electron chi connectivity index (χ3n) is 3.83. The molecule has 23 heavy (non-hydrogen) atoms. The summed E-state index contributed by atoms with van der Waals surface area (Å²) in [6, 6.07) is 5.30. The van der Waals surface area contributed by atoms with Crippen molar-refractivity contribution < 1.29 is 24.5 Å². The molecule has 0 radical (unpaired) electrons. The van der Waals surface area contributed by atoms with Crippen LogP contribution in [0.1, 0.15) is 11.1 Å². The predicted octanol–water partition coefficient (Wildman–Crippen LogP) is 0.161. The SMILES string of the molecule is COC(=O)C1=C(Nc2cccc(CO)c2C)C(=O)N(CCO)C1. The number of ether oxygens (including phenoxy) is 1. The molecule has 0 spiro atoms. The number of methoxy groups -OCH3 is 1. The Hall–Kier alpha value is -2.38. The second kappa shape index (κ2) is 7.26. The van der Waals surface area contributed by atoms with Crippen LogP contribution in [0, 0.1) is 6.92 Å². The van der Waals surface area contributed by atoms with Gasteiger partial charge in [0.05, 0.1) is 32.4 Å². The van der Waals surface area contributed by atoms with Crippen molar-refractivity contribution in [3.05, 3.63) is 40.6 Å². The summed E-state index contributed by atoms with van der Waals surface area (Å²) in [6.07, 6.45) is 0. The molecule has 0 aromatic heterocycles. The first-order valence-electron chi connectivity index (χ1n) is 7.21. The normalized spacial score (nSPS) is 14.4. The Morgan fingerprint density at radius 1 is 1.39 bits per heavy atom. The summed E-state index contributed by atoms with van der Waals surface area (Å²) in [5, 5.41) is 21.3. The number of rotatable bonds is 6. The molecule has 0 unspecified atom stereocenters. The molecule has 0 saturated carbocycles. The van der Waals surface area contributed by atoms with Gasteiger partial charge >= 0.3 is 5.97 Å². The summed E-state index contributed by atoms with van der Waals surface area (Å²) >= 11 is 0. The average molecular weight is 320 g/mol. The van der Waals surface area contributed by atoms with Crippen molar-refractivity contribution >= 4 is 17.6 Å². The number of nitrogens with zero attached hydrogens (tertiary/aromatic N) is 1. The number of carbonyl (C=O) groups is 2. The molecule has 0 fully saturated rings. The molecule has 1 aromatic carbocycles. The zero-order valence-corrected chi connectivity index (χ0v) is 13.1. The molecule has 124 valence electrons. The van der Waals surface area contributed by atoms with Crippen LogP contribution in [0.5, 0.6) is 0 Å². The first-order valence-corrected chi connectivity index (χ1v) is 7.21. The number of nitrogens with one attached hydrogen (secondary N) is 1. The van der Waals surface area contributed by atoms with Gasteiger partial charge in [0.2, 0.25) is 0 Å². The Morgan fingerprint density at radius 3 is 2.74 bits per heavy atom. The number of hydrogen-bond donors (Lipinski definition) is 3. The maximum absolute atomic E-state index is 12.4. The number of amides is 1. The van der Waals surface area contributed by atoms with Gasteiger partial charge in [-0.05, 0) is 24.1 Å². The minimum atomic E-state index is -0.586. The van der Waals surface area contributed by atoms with Crippen LogP contribution in [-0.2, 0) is 20.9 Å². The quantitative estimate of drug-likeness (QED) is 0.646.